The summed E-state index contributed by atoms with van der Waals surface area (Å²) in [6.45, 7) is 0.527. The second kappa shape index (κ2) is 5.44. The van der Waals surface area contributed by atoms with Crippen molar-refractivity contribution >= 4 is 11.9 Å². The van der Waals surface area contributed by atoms with Gasteiger partial charge in [0.15, 0.2) is 5.76 Å². The quantitative estimate of drug-likeness (QED) is 0.904. The zero-order chi connectivity index (χ0) is 14.8. The molecule has 1 atom stereocenters. The molecule has 0 spiro atoms. The molecule has 1 aromatic heterocycles. The SMILES string of the molecule is O=C(O)c1ccc(C(=O)NCC2CCc3ccccc32)o1. The van der Waals surface area contributed by atoms with Crippen molar-refractivity contribution in [1.29, 1.82) is 0 Å². The Labute approximate surface area is 121 Å². The molecule has 0 aliphatic heterocycles. The fourth-order valence-electron chi connectivity index (χ4n) is 2.74. The van der Waals surface area contributed by atoms with Crippen LogP contribution >= 0.6 is 0 Å². The molecule has 0 fully saturated rings. The van der Waals surface area contributed by atoms with Crippen LogP contribution in [0.25, 0.3) is 0 Å². The Kier molecular flexibility index (Phi) is 3.48. The Balaban J connectivity index is 1.63. The van der Waals surface area contributed by atoms with Crippen LogP contribution in [0.5, 0.6) is 0 Å². The van der Waals surface area contributed by atoms with Crippen molar-refractivity contribution in [1.82, 2.24) is 5.32 Å². The monoisotopic (exact) mass is 285 g/mol. The van der Waals surface area contributed by atoms with Gasteiger partial charge in [-0.2, -0.15) is 0 Å². The molecule has 1 amide bonds. The van der Waals surface area contributed by atoms with Crippen LogP contribution in [0, 0.1) is 0 Å². The maximum atomic E-state index is 12.0. The first-order chi connectivity index (χ1) is 10.1. The highest BCUT2D eigenvalue weighted by molar-refractivity contribution is 5.93. The molecule has 1 heterocycles. The number of carbonyl (C=O) groups is 2. The molecule has 5 heteroatoms. The van der Waals surface area contributed by atoms with Gasteiger partial charge in [-0.3, -0.25) is 4.79 Å². The maximum absolute atomic E-state index is 12.0. The third-order valence-electron chi connectivity index (χ3n) is 3.81. The largest absolute Gasteiger partial charge is 0.475 e. The summed E-state index contributed by atoms with van der Waals surface area (Å²) in [5.74, 6) is -1.46. The molecule has 3 rings (SSSR count). The van der Waals surface area contributed by atoms with Crippen molar-refractivity contribution in [3.8, 4) is 0 Å². The van der Waals surface area contributed by atoms with Crippen molar-refractivity contribution in [2.45, 2.75) is 18.8 Å². The Morgan fingerprint density at radius 1 is 1.19 bits per heavy atom. The van der Waals surface area contributed by atoms with Crippen molar-refractivity contribution in [3.63, 3.8) is 0 Å². The molecule has 2 N–H and O–H groups in total. The average Bonchev–Trinajstić information content (AvgIpc) is 3.12. The summed E-state index contributed by atoms with van der Waals surface area (Å²) in [5.41, 5.74) is 2.62. The molecule has 0 saturated heterocycles. The summed E-state index contributed by atoms with van der Waals surface area (Å²) in [5, 5.41) is 11.6. The fraction of sp³-hybridized carbons (Fsp3) is 0.250. The Hall–Kier alpha value is -2.56. The Bertz CT molecular complexity index is 689. The minimum absolute atomic E-state index is 0.0266. The topological polar surface area (TPSA) is 79.5 Å². The maximum Gasteiger partial charge on any atom is 0.371 e. The summed E-state index contributed by atoms with van der Waals surface area (Å²) in [6, 6.07) is 10.9. The number of aryl methyl sites for hydroxylation is 1. The Morgan fingerprint density at radius 3 is 2.71 bits per heavy atom. The van der Waals surface area contributed by atoms with Gasteiger partial charge >= 0.3 is 5.97 Å². The van der Waals surface area contributed by atoms with Crippen LogP contribution in [-0.2, 0) is 6.42 Å². The highest BCUT2D eigenvalue weighted by Gasteiger charge is 2.23. The molecule has 1 aromatic carbocycles. The number of carboxylic acids is 1. The lowest BCUT2D eigenvalue weighted by Gasteiger charge is -2.12. The van der Waals surface area contributed by atoms with Gasteiger partial charge in [-0.25, -0.2) is 4.79 Å². The predicted octanol–water partition coefficient (Wildman–Crippen LogP) is 2.44. The average molecular weight is 285 g/mol. The van der Waals surface area contributed by atoms with Crippen LogP contribution in [0.2, 0.25) is 0 Å². The van der Waals surface area contributed by atoms with Gasteiger partial charge in [-0.05, 0) is 36.1 Å². The van der Waals surface area contributed by atoms with Crippen LogP contribution in [-0.4, -0.2) is 23.5 Å². The molecule has 21 heavy (non-hydrogen) atoms. The number of rotatable bonds is 4. The summed E-state index contributed by atoms with van der Waals surface area (Å²) in [4.78, 5) is 22.7. The van der Waals surface area contributed by atoms with Crippen LogP contribution < -0.4 is 5.32 Å². The van der Waals surface area contributed by atoms with Gasteiger partial charge in [0.1, 0.15) is 0 Å². The number of furan rings is 1. The molecule has 0 saturated carbocycles. The number of hydrogen-bond donors (Lipinski definition) is 2. The van der Waals surface area contributed by atoms with Crippen molar-refractivity contribution < 1.29 is 19.1 Å². The molecule has 5 nitrogen and oxygen atoms in total. The van der Waals surface area contributed by atoms with E-state index < -0.39 is 5.97 Å². The van der Waals surface area contributed by atoms with Gasteiger partial charge in [0.05, 0.1) is 0 Å². The lowest BCUT2D eigenvalue weighted by molar-refractivity contribution is 0.0659. The summed E-state index contributed by atoms with van der Waals surface area (Å²) < 4.78 is 4.98. The first kappa shape index (κ1) is 13.4. The van der Waals surface area contributed by atoms with Crippen molar-refractivity contribution in [2.75, 3.05) is 6.54 Å². The van der Waals surface area contributed by atoms with E-state index >= 15 is 0 Å². The van der Waals surface area contributed by atoms with Crippen LogP contribution in [0.1, 0.15) is 44.6 Å². The number of fused-ring (bicyclic) bond motifs is 1. The summed E-state index contributed by atoms with van der Waals surface area (Å²) >= 11 is 0. The molecular weight excluding hydrogens is 270 g/mol. The van der Waals surface area contributed by atoms with E-state index in [9.17, 15) is 9.59 Å². The van der Waals surface area contributed by atoms with E-state index in [4.69, 9.17) is 9.52 Å². The number of carbonyl (C=O) groups excluding carboxylic acids is 1. The molecule has 0 bridgehead atoms. The first-order valence-electron chi connectivity index (χ1n) is 6.84. The third-order valence-corrected chi connectivity index (χ3v) is 3.81. The molecule has 2 aromatic rings. The number of nitrogens with one attached hydrogen (secondary N) is 1. The van der Waals surface area contributed by atoms with Crippen molar-refractivity contribution in [2.24, 2.45) is 0 Å². The molecule has 1 unspecified atom stereocenters. The smallest absolute Gasteiger partial charge is 0.371 e. The van der Waals surface area contributed by atoms with E-state index in [1.807, 2.05) is 12.1 Å². The van der Waals surface area contributed by atoms with E-state index in [0.29, 0.717) is 12.5 Å². The van der Waals surface area contributed by atoms with Crippen molar-refractivity contribution in [3.05, 3.63) is 59.0 Å². The second-order valence-electron chi connectivity index (χ2n) is 5.11. The standard InChI is InChI=1S/C16H15NO4/c18-15(13-7-8-14(21-13)16(19)20)17-9-11-6-5-10-3-1-2-4-12(10)11/h1-4,7-8,11H,5-6,9H2,(H,17,18)(H,19,20). The number of hydrogen-bond acceptors (Lipinski definition) is 3. The fourth-order valence-corrected chi connectivity index (χ4v) is 2.74. The van der Waals surface area contributed by atoms with E-state index in [2.05, 4.69) is 17.4 Å². The number of amides is 1. The molecule has 1 aliphatic carbocycles. The van der Waals surface area contributed by atoms with E-state index in [1.54, 1.807) is 0 Å². The van der Waals surface area contributed by atoms with Gasteiger partial charge in [-0.1, -0.05) is 24.3 Å². The minimum Gasteiger partial charge on any atom is -0.475 e. The van der Waals surface area contributed by atoms with Gasteiger partial charge in [0.25, 0.3) is 5.91 Å². The normalized spacial score (nSPS) is 16.5. The summed E-state index contributed by atoms with van der Waals surface area (Å²) in [7, 11) is 0. The lowest BCUT2D eigenvalue weighted by atomic mass is 10.0. The van der Waals surface area contributed by atoms with Crippen LogP contribution in [0.4, 0.5) is 0 Å². The van der Waals surface area contributed by atoms with Crippen LogP contribution in [0.3, 0.4) is 0 Å². The highest BCUT2D eigenvalue weighted by atomic mass is 16.4. The first-order valence-corrected chi connectivity index (χ1v) is 6.84. The Morgan fingerprint density at radius 2 is 1.95 bits per heavy atom. The third kappa shape index (κ3) is 2.67. The highest BCUT2D eigenvalue weighted by Crippen LogP contribution is 2.32. The van der Waals surface area contributed by atoms with Crippen LogP contribution in [0.15, 0.2) is 40.8 Å². The number of aromatic carboxylic acids is 1. The number of benzene rings is 1. The molecule has 0 radical (unpaired) electrons. The lowest BCUT2D eigenvalue weighted by Crippen LogP contribution is -2.27. The molecule has 108 valence electrons. The van der Waals surface area contributed by atoms with E-state index in [0.717, 1.165) is 12.8 Å². The minimum atomic E-state index is -1.18. The van der Waals surface area contributed by atoms with Gasteiger partial charge in [0.2, 0.25) is 5.76 Å². The number of carboxylic acid groups (broad SMARTS) is 1. The van der Waals surface area contributed by atoms with Gasteiger partial charge in [0, 0.05) is 12.5 Å². The van der Waals surface area contributed by atoms with Gasteiger partial charge in [-0.15, -0.1) is 0 Å². The second-order valence-corrected chi connectivity index (χ2v) is 5.11. The van der Waals surface area contributed by atoms with Gasteiger partial charge < -0.3 is 14.8 Å². The summed E-state index contributed by atoms with van der Waals surface area (Å²) in [6.07, 6.45) is 2.04. The zero-order valence-corrected chi connectivity index (χ0v) is 11.3. The molecule has 1 aliphatic rings. The zero-order valence-electron chi connectivity index (χ0n) is 11.3. The van der Waals surface area contributed by atoms with E-state index in [-0.39, 0.29) is 17.4 Å². The molecular formula is C16H15NO4. The predicted molar refractivity (Wildman–Crippen MR) is 75.5 cm³/mol. The van der Waals surface area contributed by atoms with E-state index in [1.165, 1.54) is 23.3 Å².